The maximum Gasteiger partial charge on any atom is 0.261 e. The summed E-state index contributed by atoms with van der Waals surface area (Å²) in [5, 5.41) is 0.692. The van der Waals surface area contributed by atoms with E-state index in [4.69, 9.17) is 9.47 Å². The number of aromatic nitrogens is 1. The lowest BCUT2D eigenvalue weighted by Crippen LogP contribution is -2.47. The number of piperidine rings is 1. The fourth-order valence-corrected chi connectivity index (χ4v) is 5.66. The molecule has 1 spiro atoms. The van der Waals surface area contributed by atoms with Crippen LogP contribution in [-0.4, -0.2) is 59.8 Å². The first kappa shape index (κ1) is 19.3. The molecule has 1 saturated carbocycles. The van der Waals surface area contributed by atoms with Gasteiger partial charge in [0.25, 0.3) is 11.8 Å². The Morgan fingerprint density at radius 1 is 1.13 bits per heavy atom. The summed E-state index contributed by atoms with van der Waals surface area (Å²) in [5.74, 6) is -0.499. The van der Waals surface area contributed by atoms with Gasteiger partial charge in [0.2, 0.25) is 0 Å². The third-order valence-electron chi connectivity index (χ3n) is 6.43. The summed E-state index contributed by atoms with van der Waals surface area (Å²) in [4.78, 5) is 35.6. The topological polar surface area (TPSA) is 72.0 Å². The van der Waals surface area contributed by atoms with Gasteiger partial charge >= 0.3 is 0 Å². The van der Waals surface area contributed by atoms with Crippen LogP contribution in [0.2, 0.25) is 0 Å². The summed E-state index contributed by atoms with van der Waals surface area (Å²) in [7, 11) is 0. The van der Waals surface area contributed by atoms with Crippen LogP contribution in [-0.2, 0) is 9.47 Å². The summed E-state index contributed by atoms with van der Waals surface area (Å²) >= 11 is 1.47. The van der Waals surface area contributed by atoms with Gasteiger partial charge in [-0.15, -0.1) is 0 Å². The number of anilines is 1. The van der Waals surface area contributed by atoms with E-state index in [1.807, 2.05) is 34.1 Å². The van der Waals surface area contributed by atoms with Crippen LogP contribution in [0.3, 0.4) is 0 Å². The Hall–Kier alpha value is -2.42. The zero-order valence-electron chi connectivity index (χ0n) is 17.1. The third-order valence-corrected chi connectivity index (χ3v) is 7.50. The maximum atomic E-state index is 13.3. The number of ether oxygens (including phenoxy) is 2. The second-order valence-corrected chi connectivity index (χ2v) is 9.48. The minimum absolute atomic E-state index is 0.00559. The molecular formula is C23H23N3O4S. The highest BCUT2D eigenvalue weighted by molar-refractivity contribution is 7.99. The summed E-state index contributed by atoms with van der Waals surface area (Å²) in [6.07, 6.45) is 5.11. The molecule has 31 heavy (non-hydrogen) atoms. The molecule has 3 aliphatic heterocycles. The maximum absolute atomic E-state index is 13.3. The Balaban J connectivity index is 1.30. The Bertz CT molecular complexity index is 1050. The van der Waals surface area contributed by atoms with Crippen molar-refractivity contribution in [1.82, 2.24) is 9.88 Å². The highest BCUT2D eigenvalue weighted by Gasteiger charge is 2.41. The van der Waals surface area contributed by atoms with E-state index in [0.29, 0.717) is 55.3 Å². The zero-order valence-corrected chi connectivity index (χ0v) is 17.9. The SMILES string of the molecule is O=C(c1ccc2c(c1)Sc1ncccc1C(=O)N2C1CC1)N1CCC2(CC1)OCCO2. The van der Waals surface area contributed by atoms with Gasteiger partial charge < -0.3 is 19.3 Å². The van der Waals surface area contributed by atoms with Gasteiger partial charge in [0, 0.05) is 48.6 Å². The Morgan fingerprint density at radius 2 is 1.90 bits per heavy atom. The molecule has 2 amide bonds. The van der Waals surface area contributed by atoms with Crippen molar-refractivity contribution in [3.8, 4) is 0 Å². The Kier molecular flexibility index (Phi) is 4.55. The van der Waals surface area contributed by atoms with E-state index in [1.165, 1.54) is 11.8 Å². The molecule has 2 aromatic rings. The molecule has 0 radical (unpaired) electrons. The third kappa shape index (κ3) is 3.33. The summed E-state index contributed by atoms with van der Waals surface area (Å²) < 4.78 is 11.6. The number of pyridine rings is 1. The number of nitrogens with zero attached hydrogens (tertiary/aromatic N) is 3. The van der Waals surface area contributed by atoms with E-state index in [0.717, 1.165) is 23.4 Å². The minimum atomic E-state index is -0.499. The van der Waals surface area contributed by atoms with Crippen molar-refractivity contribution in [3.63, 3.8) is 0 Å². The largest absolute Gasteiger partial charge is 0.347 e. The van der Waals surface area contributed by atoms with Crippen molar-refractivity contribution < 1.29 is 19.1 Å². The first-order valence-corrected chi connectivity index (χ1v) is 11.6. The number of carbonyl (C=O) groups excluding carboxylic acids is 2. The number of carbonyl (C=O) groups is 2. The molecule has 8 heteroatoms. The van der Waals surface area contributed by atoms with Crippen LogP contribution in [0.15, 0.2) is 46.5 Å². The van der Waals surface area contributed by atoms with Gasteiger partial charge in [0.15, 0.2) is 5.79 Å². The fourth-order valence-electron chi connectivity index (χ4n) is 4.62. The smallest absolute Gasteiger partial charge is 0.261 e. The monoisotopic (exact) mass is 437 g/mol. The van der Waals surface area contributed by atoms with Crippen molar-refractivity contribution in [2.24, 2.45) is 0 Å². The lowest BCUT2D eigenvalue weighted by Gasteiger charge is -2.37. The number of benzene rings is 1. The number of amides is 2. The molecule has 1 aromatic heterocycles. The van der Waals surface area contributed by atoms with Gasteiger partial charge in [-0.1, -0.05) is 11.8 Å². The summed E-state index contributed by atoms with van der Waals surface area (Å²) in [5.41, 5.74) is 2.14. The molecule has 3 fully saturated rings. The normalized spacial score (nSPS) is 22.3. The molecule has 0 atom stereocenters. The first-order chi connectivity index (χ1) is 15.1. The zero-order chi connectivity index (χ0) is 21.0. The number of hydrogen-bond donors (Lipinski definition) is 0. The van der Waals surface area contributed by atoms with Crippen molar-refractivity contribution >= 4 is 29.3 Å². The lowest BCUT2D eigenvalue weighted by atomic mass is 10.0. The van der Waals surface area contributed by atoms with Crippen LogP contribution in [0.25, 0.3) is 0 Å². The van der Waals surface area contributed by atoms with Crippen LogP contribution < -0.4 is 4.90 Å². The molecule has 0 unspecified atom stereocenters. The molecule has 0 bridgehead atoms. The Morgan fingerprint density at radius 3 is 2.65 bits per heavy atom. The van der Waals surface area contributed by atoms with Gasteiger partial charge in [-0.05, 0) is 43.2 Å². The van der Waals surface area contributed by atoms with Crippen molar-refractivity contribution in [2.45, 2.75) is 47.4 Å². The number of rotatable bonds is 2. The van der Waals surface area contributed by atoms with Gasteiger partial charge in [-0.25, -0.2) is 4.98 Å². The molecule has 160 valence electrons. The average Bonchev–Trinajstić information content (AvgIpc) is 3.55. The second kappa shape index (κ2) is 7.32. The molecular weight excluding hydrogens is 414 g/mol. The van der Waals surface area contributed by atoms with Gasteiger partial charge in [-0.2, -0.15) is 0 Å². The van der Waals surface area contributed by atoms with E-state index >= 15 is 0 Å². The lowest BCUT2D eigenvalue weighted by molar-refractivity contribution is -0.181. The van der Waals surface area contributed by atoms with Crippen molar-refractivity contribution in [1.29, 1.82) is 0 Å². The predicted molar refractivity (Wildman–Crippen MR) is 114 cm³/mol. The fraction of sp³-hybridized carbons (Fsp3) is 0.435. The van der Waals surface area contributed by atoms with Crippen LogP contribution >= 0.6 is 11.8 Å². The molecule has 4 heterocycles. The number of hydrogen-bond acceptors (Lipinski definition) is 6. The van der Waals surface area contributed by atoms with Crippen LogP contribution in [0.5, 0.6) is 0 Å². The number of fused-ring (bicyclic) bond motifs is 2. The number of likely N-dealkylation sites (tertiary alicyclic amines) is 1. The van der Waals surface area contributed by atoms with E-state index in [-0.39, 0.29) is 17.9 Å². The minimum Gasteiger partial charge on any atom is -0.347 e. The summed E-state index contributed by atoms with van der Waals surface area (Å²) in [6, 6.07) is 9.55. The molecule has 7 nitrogen and oxygen atoms in total. The second-order valence-electron chi connectivity index (χ2n) is 8.45. The summed E-state index contributed by atoms with van der Waals surface area (Å²) in [6.45, 7) is 2.48. The van der Waals surface area contributed by atoms with Gasteiger partial charge in [-0.3, -0.25) is 9.59 Å². The van der Waals surface area contributed by atoms with Gasteiger partial charge in [0.1, 0.15) is 5.03 Å². The molecule has 1 aliphatic carbocycles. The van der Waals surface area contributed by atoms with Crippen LogP contribution in [0.4, 0.5) is 5.69 Å². The van der Waals surface area contributed by atoms with E-state index in [9.17, 15) is 9.59 Å². The van der Waals surface area contributed by atoms with E-state index < -0.39 is 5.79 Å². The van der Waals surface area contributed by atoms with Gasteiger partial charge in [0.05, 0.1) is 24.5 Å². The predicted octanol–water partition coefficient (Wildman–Crippen LogP) is 3.33. The van der Waals surface area contributed by atoms with Crippen LogP contribution in [0, 0.1) is 0 Å². The molecule has 2 saturated heterocycles. The Labute approximate surface area is 184 Å². The molecule has 0 N–H and O–H groups in total. The average molecular weight is 438 g/mol. The van der Waals surface area contributed by atoms with E-state index in [2.05, 4.69) is 4.98 Å². The van der Waals surface area contributed by atoms with Crippen molar-refractivity contribution in [3.05, 3.63) is 47.7 Å². The standard InChI is InChI=1S/C23H23N3O4S/c27-21(25-10-7-23(8-11-25)29-12-13-30-23)15-3-6-18-19(14-15)31-20-17(2-1-9-24-20)22(28)26(18)16-4-5-16/h1-3,6,9,14,16H,4-5,7-8,10-13H2. The van der Waals surface area contributed by atoms with Crippen LogP contribution in [0.1, 0.15) is 46.4 Å². The quantitative estimate of drug-likeness (QED) is 0.718. The molecule has 1 aromatic carbocycles. The van der Waals surface area contributed by atoms with E-state index in [1.54, 1.807) is 12.3 Å². The highest BCUT2D eigenvalue weighted by Crippen LogP contribution is 2.45. The first-order valence-electron chi connectivity index (χ1n) is 10.8. The van der Waals surface area contributed by atoms with Crippen molar-refractivity contribution in [2.75, 3.05) is 31.2 Å². The molecule has 6 rings (SSSR count). The highest BCUT2D eigenvalue weighted by atomic mass is 32.2. The molecule has 4 aliphatic rings.